The molecule has 0 bridgehead atoms. The molecule has 5 nitrogen and oxygen atoms in total. The maximum atomic E-state index is 13.6. The van der Waals surface area contributed by atoms with Crippen molar-refractivity contribution in [2.75, 3.05) is 13.2 Å². The zero-order chi connectivity index (χ0) is 29.2. The van der Waals surface area contributed by atoms with E-state index in [0.29, 0.717) is 44.0 Å². The molecule has 0 spiro atoms. The fourth-order valence-corrected chi connectivity index (χ4v) is 7.08. The van der Waals surface area contributed by atoms with Crippen molar-refractivity contribution in [1.29, 1.82) is 0 Å². The Kier molecular flexibility index (Phi) is 8.01. The van der Waals surface area contributed by atoms with Gasteiger partial charge < -0.3 is 14.4 Å². The van der Waals surface area contributed by atoms with Crippen LogP contribution in [0.15, 0.2) is 89.8 Å². The van der Waals surface area contributed by atoms with E-state index in [1.54, 1.807) is 0 Å². The number of carbonyl (C=O) groups excluding carboxylic acids is 2. The predicted molar refractivity (Wildman–Crippen MR) is 167 cm³/mol. The first kappa shape index (κ1) is 28.0. The zero-order valence-electron chi connectivity index (χ0n) is 24.7. The number of ether oxygens (including phenoxy) is 2. The average Bonchev–Trinajstić information content (AvgIpc) is 3.00. The Morgan fingerprint density at radius 1 is 0.857 bits per heavy atom. The van der Waals surface area contributed by atoms with E-state index in [4.69, 9.17) is 9.47 Å². The molecule has 0 aromatic heterocycles. The third-order valence-corrected chi connectivity index (χ3v) is 8.81. The Bertz CT molecular complexity index is 1580. The lowest BCUT2D eigenvalue weighted by atomic mass is 9.70. The zero-order valence-corrected chi connectivity index (χ0v) is 24.7. The van der Waals surface area contributed by atoms with Gasteiger partial charge in [-0.1, -0.05) is 54.6 Å². The smallest absolute Gasteiger partial charge is 0.165 e. The minimum atomic E-state index is -0.381. The second kappa shape index (κ2) is 12.0. The molecule has 3 aliphatic rings. The van der Waals surface area contributed by atoms with Crippen LogP contribution in [0.25, 0.3) is 10.8 Å². The molecule has 1 aliphatic heterocycles. The predicted octanol–water partition coefficient (Wildman–Crippen LogP) is 7.98. The number of ketones is 2. The lowest BCUT2D eigenvalue weighted by Crippen LogP contribution is -2.39. The highest BCUT2D eigenvalue weighted by Crippen LogP contribution is 2.50. The minimum Gasteiger partial charge on any atom is -0.490 e. The number of carbonyl (C=O) groups is 2. The SMILES string of the molecule is C=CCc1cc(C2C3=C(CCCC3=O)N(CC)C3=C2C(=O)CCC3)cc(OCC)c1OCc1cccc2ccccc12. The number of hydrogen-bond donors (Lipinski definition) is 0. The molecule has 0 radical (unpaired) electrons. The highest BCUT2D eigenvalue weighted by Gasteiger charge is 2.43. The molecule has 1 heterocycles. The van der Waals surface area contributed by atoms with Gasteiger partial charge in [-0.25, -0.2) is 0 Å². The summed E-state index contributed by atoms with van der Waals surface area (Å²) in [5.74, 6) is 1.26. The molecule has 5 heteroatoms. The number of allylic oxidation sites excluding steroid dienone is 5. The summed E-state index contributed by atoms with van der Waals surface area (Å²) in [5.41, 5.74) is 6.77. The molecular weight excluding hydrogens is 522 g/mol. The van der Waals surface area contributed by atoms with Crippen molar-refractivity contribution < 1.29 is 19.1 Å². The van der Waals surface area contributed by atoms with Crippen LogP contribution in [0.4, 0.5) is 0 Å². The molecule has 0 saturated heterocycles. The van der Waals surface area contributed by atoms with Crippen LogP contribution < -0.4 is 9.47 Å². The summed E-state index contributed by atoms with van der Waals surface area (Å²) in [6.07, 6.45) is 6.91. The summed E-state index contributed by atoms with van der Waals surface area (Å²) in [6, 6.07) is 18.7. The van der Waals surface area contributed by atoms with Crippen molar-refractivity contribution in [3.63, 3.8) is 0 Å². The number of fused-ring (bicyclic) bond motifs is 1. The number of nitrogens with zero attached hydrogens (tertiary/aromatic N) is 1. The standard InChI is InChI=1S/C37H39NO4/c1-4-12-25-21-27(22-33(41-6-3)37(25)42-23-26-15-9-14-24-13-7-8-16-28(24)26)34-35-29(17-10-19-31(35)39)38(5-2)30-18-11-20-32(40)36(30)34/h4,7-9,13-16,21-22,34H,1,5-6,10-12,17-20,23H2,2-3H3. The molecule has 0 unspecified atom stereocenters. The topological polar surface area (TPSA) is 55.8 Å². The lowest BCUT2D eigenvalue weighted by molar-refractivity contribution is -0.117. The van der Waals surface area contributed by atoms with E-state index in [9.17, 15) is 9.59 Å². The fourth-order valence-electron chi connectivity index (χ4n) is 7.08. The van der Waals surface area contributed by atoms with Gasteiger partial charge in [-0.15, -0.1) is 6.58 Å². The highest BCUT2D eigenvalue weighted by molar-refractivity contribution is 6.06. The van der Waals surface area contributed by atoms with Gasteiger partial charge in [0.25, 0.3) is 0 Å². The second-order valence-electron chi connectivity index (χ2n) is 11.3. The molecule has 0 fully saturated rings. The van der Waals surface area contributed by atoms with E-state index in [2.05, 4.69) is 54.8 Å². The number of hydrogen-bond acceptors (Lipinski definition) is 5. The maximum absolute atomic E-state index is 13.6. The largest absolute Gasteiger partial charge is 0.490 e. The van der Waals surface area contributed by atoms with Crippen LogP contribution in [0, 0.1) is 0 Å². The van der Waals surface area contributed by atoms with E-state index < -0.39 is 0 Å². The van der Waals surface area contributed by atoms with Crippen molar-refractivity contribution in [2.24, 2.45) is 0 Å². The van der Waals surface area contributed by atoms with Gasteiger partial charge in [-0.2, -0.15) is 0 Å². The summed E-state index contributed by atoms with van der Waals surface area (Å²) < 4.78 is 12.8. The molecule has 42 heavy (non-hydrogen) atoms. The van der Waals surface area contributed by atoms with E-state index in [1.807, 2.05) is 31.2 Å². The van der Waals surface area contributed by atoms with Gasteiger partial charge in [-0.05, 0) is 73.9 Å². The van der Waals surface area contributed by atoms with E-state index in [-0.39, 0.29) is 17.5 Å². The van der Waals surface area contributed by atoms with Crippen LogP contribution in [0.1, 0.15) is 75.0 Å². The normalized spacial score (nSPS) is 17.4. The molecule has 2 aliphatic carbocycles. The monoisotopic (exact) mass is 561 g/mol. The molecule has 0 N–H and O–H groups in total. The lowest BCUT2D eigenvalue weighted by Gasteiger charge is -2.43. The maximum Gasteiger partial charge on any atom is 0.165 e. The van der Waals surface area contributed by atoms with Gasteiger partial charge in [0.1, 0.15) is 6.61 Å². The summed E-state index contributed by atoms with van der Waals surface area (Å²) in [4.78, 5) is 29.5. The van der Waals surface area contributed by atoms with Crippen LogP contribution >= 0.6 is 0 Å². The third-order valence-electron chi connectivity index (χ3n) is 8.81. The highest BCUT2D eigenvalue weighted by atomic mass is 16.5. The number of rotatable bonds is 9. The van der Waals surface area contributed by atoms with Gasteiger partial charge in [0, 0.05) is 53.4 Å². The summed E-state index contributed by atoms with van der Waals surface area (Å²) in [6.45, 7) is 9.72. The van der Waals surface area contributed by atoms with Gasteiger partial charge in [0.15, 0.2) is 23.1 Å². The second-order valence-corrected chi connectivity index (χ2v) is 11.3. The molecule has 3 aromatic carbocycles. The summed E-state index contributed by atoms with van der Waals surface area (Å²) in [7, 11) is 0. The first-order valence-electron chi connectivity index (χ1n) is 15.4. The molecule has 0 amide bonds. The van der Waals surface area contributed by atoms with Crippen molar-refractivity contribution in [1.82, 2.24) is 4.90 Å². The molecule has 6 rings (SSSR count). The Labute approximate surface area is 248 Å². The van der Waals surface area contributed by atoms with Gasteiger partial charge in [0.05, 0.1) is 6.61 Å². The van der Waals surface area contributed by atoms with Crippen molar-refractivity contribution in [3.05, 3.63) is 106 Å². The first-order valence-corrected chi connectivity index (χ1v) is 15.4. The van der Waals surface area contributed by atoms with Crippen LogP contribution in [-0.2, 0) is 22.6 Å². The number of benzene rings is 3. The first-order chi connectivity index (χ1) is 20.5. The van der Waals surface area contributed by atoms with Crippen LogP contribution in [0.2, 0.25) is 0 Å². The Morgan fingerprint density at radius 2 is 1.55 bits per heavy atom. The van der Waals surface area contributed by atoms with E-state index in [1.165, 1.54) is 5.39 Å². The quantitative estimate of drug-likeness (QED) is 0.248. The van der Waals surface area contributed by atoms with Crippen molar-refractivity contribution in [2.45, 2.75) is 71.3 Å². The van der Waals surface area contributed by atoms with Crippen LogP contribution in [0.5, 0.6) is 11.5 Å². The molecule has 0 saturated carbocycles. The van der Waals surface area contributed by atoms with E-state index in [0.717, 1.165) is 76.8 Å². The molecular formula is C37H39NO4. The Balaban J connectivity index is 1.48. The summed E-state index contributed by atoms with van der Waals surface area (Å²) in [5, 5.41) is 2.33. The van der Waals surface area contributed by atoms with E-state index >= 15 is 0 Å². The fraction of sp³-hybridized carbons (Fsp3) is 0.351. The van der Waals surface area contributed by atoms with Crippen molar-refractivity contribution in [3.8, 4) is 11.5 Å². The van der Waals surface area contributed by atoms with Crippen LogP contribution in [0.3, 0.4) is 0 Å². The van der Waals surface area contributed by atoms with Crippen LogP contribution in [-0.4, -0.2) is 29.6 Å². The third kappa shape index (κ3) is 4.95. The minimum absolute atomic E-state index is 0.157. The summed E-state index contributed by atoms with van der Waals surface area (Å²) >= 11 is 0. The molecule has 3 aromatic rings. The molecule has 216 valence electrons. The number of Topliss-reactive ketones (excluding diaryl/α,β-unsaturated/α-hetero) is 2. The van der Waals surface area contributed by atoms with Gasteiger partial charge >= 0.3 is 0 Å². The molecule has 0 atom stereocenters. The van der Waals surface area contributed by atoms with Gasteiger partial charge in [0.2, 0.25) is 0 Å². The Hall–Kier alpha value is -4.12. The van der Waals surface area contributed by atoms with Gasteiger partial charge in [-0.3, -0.25) is 9.59 Å². The van der Waals surface area contributed by atoms with Crippen molar-refractivity contribution >= 4 is 22.3 Å². The average molecular weight is 562 g/mol. The Morgan fingerprint density at radius 3 is 2.21 bits per heavy atom.